The van der Waals surface area contributed by atoms with Crippen LogP contribution in [-0.4, -0.2) is 50.2 Å². The highest BCUT2D eigenvalue weighted by Gasteiger charge is 2.56. The molecule has 0 aromatic heterocycles. The summed E-state index contributed by atoms with van der Waals surface area (Å²) in [6.07, 6.45) is 5.80. The normalized spacial score (nSPS) is 34.9. The Morgan fingerprint density at radius 1 is 1.12 bits per heavy atom. The molecule has 0 spiro atoms. The number of benzene rings is 1. The highest BCUT2D eigenvalue weighted by Crippen LogP contribution is 2.61. The van der Waals surface area contributed by atoms with Gasteiger partial charge in [-0.1, -0.05) is 12.1 Å². The maximum atomic E-state index is 14.3. The molecule has 6 rings (SSSR count). The molecule has 8 nitrogen and oxygen atoms in total. The molecule has 180 valence electrons. The van der Waals surface area contributed by atoms with Crippen molar-refractivity contribution in [3.05, 3.63) is 30.1 Å². The smallest absolute Gasteiger partial charge is 0.304 e. The van der Waals surface area contributed by atoms with Crippen LogP contribution in [0.15, 0.2) is 24.3 Å². The number of hydrogen-bond donors (Lipinski definition) is 2. The van der Waals surface area contributed by atoms with Gasteiger partial charge in [-0.2, -0.15) is 12.7 Å². The minimum absolute atomic E-state index is 0.00314. The molecule has 1 aliphatic heterocycles. The molecule has 4 saturated carbocycles. The van der Waals surface area contributed by atoms with Crippen LogP contribution in [0.4, 0.5) is 10.1 Å². The van der Waals surface area contributed by atoms with Crippen molar-refractivity contribution in [1.29, 1.82) is 0 Å². The van der Waals surface area contributed by atoms with E-state index in [1.165, 1.54) is 18.2 Å². The van der Waals surface area contributed by atoms with Gasteiger partial charge in [0, 0.05) is 25.6 Å². The van der Waals surface area contributed by atoms with Crippen molar-refractivity contribution in [3.8, 4) is 0 Å². The number of nitrogens with two attached hydrogens (primary N) is 1. The van der Waals surface area contributed by atoms with Crippen LogP contribution in [-0.2, 0) is 19.8 Å². The van der Waals surface area contributed by atoms with Crippen molar-refractivity contribution < 1.29 is 22.4 Å². The van der Waals surface area contributed by atoms with Crippen LogP contribution in [0.1, 0.15) is 44.9 Å². The quantitative estimate of drug-likeness (QED) is 0.649. The van der Waals surface area contributed by atoms with Crippen molar-refractivity contribution in [2.45, 2.75) is 51.0 Å². The maximum Gasteiger partial charge on any atom is 0.304 e. The number of hydrogen-bond acceptors (Lipinski definition) is 4. The Bertz CT molecular complexity index is 1050. The average molecular weight is 479 g/mol. The molecule has 5 aliphatic rings. The molecular weight excluding hydrogens is 447 g/mol. The second-order valence-corrected chi connectivity index (χ2v) is 12.3. The molecule has 4 bridgehead atoms. The molecule has 1 aromatic rings. The van der Waals surface area contributed by atoms with Crippen LogP contribution in [0, 0.1) is 29.0 Å². The number of anilines is 1. The zero-order valence-electron chi connectivity index (χ0n) is 18.6. The minimum atomic E-state index is -4.00. The summed E-state index contributed by atoms with van der Waals surface area (Å²) in [5.41, 5.74) is 5.50. The largest absolute Gasteiger partial charge is 0.370 e. The molecule has 1 saturated heterocycles. The van der Waals surface area contributed by atoms with E-state index in [2.05, 4.69) is 5.32 Å². The zero-order valence-corrected chi connectivity index (χ0v) is 19.4. The molecule has 4 aliphatic carbocycles. The molecule has 2 atom stereocenters. The Labute approximate surface area is 193 Å². The monoisotopic (exact) mass is 478 g/mol. The summed E-state index contributed by atoms with van der Waals surface area (Å²) in [6.45, 7) is 0.124. The second-order valence-electron chi connectivity index (χ2n) is 10.4. The zero-order chi connectivity index (χ0) is 23.4. The molecule has 1 aromatic carbocycles. The minimum Gasteiger partial charge on any atom is -0.370 e. The third kappa shape index (κ3) is 4.12. The lowest BCUT2D eigenvalue weighted by Crippen LogP contribution is -2.61. The van der Waals surface area contributed by atoms with E-state index in [9.17, 15) is 22.4 Å². The first-order valence-electron chi connectivity index (χ1n) is 11.8. The van der Waals surface area contributed by atoms with Gasteiger partial charge in [-0.3, -0.25) is 13.9 Å². The number of para-hydroxylation sites is 1. The first-order chi connectivity index (χ1) is 15.7. The lowest BCUT2D eigenvalue weighted by atomic mass is 9.47. The van der Waals surface area contributed by atoms with Crippen LogP contribution < -0.4 is 15.4 Å². The van der Waals surface area contributed by atoms with Crippen molar-refractivity contribution in [2.24, 2.45) is 28.9 Å². The standard InChI is InChI=1S/C23H31FN4O4S/c24-18-4-1-2-5-19(18)28-7-3-6-27(33(28,31)32)14-21(30)26-22-16-8-15-9-17(22)12-23(10-15,11-16)13-20(25)29/h1-2,4-5,15-17,22H,3,6-14H2,(H2,25,29)(H,26,30). The fourth-order valence-electron chi connectivity index (χ4n) is 7.23. The third-order valence-corrected chi connectivity index (χ3v) is 9.99. The highest BCUT2D eigenvalue weighted by molar-refractivity contribution is 7.90. The lowest BCUT2D eigenvalue weighted by molar-refractivity contribution is -0.134. The first-order valence-corrected chi connectivity index (χ1v) is 13.2. The average Bonchev–Trinajstić information content (AvgIpc) is 2.71. The maximum absolute atomic E-state index is 14.3. The van der Waals surface area contributed by atoms with Gasteiger partial charge in [-0.25, -0.2) is 4.39 Å². The molecule has 5 fully saturated rings. The van der Waals surface area contributed by atoms with E-state index in [0.717, 1.165) is 40.7 Å². The van der Waals surface area contributed by atoms with Gasteiger partial charge in [0.25, 0.3) is 0 Å². The number of nitrogens with one attached hydrogen (secondary N) is 1. The number of nitrogens with zero attached hydrogens (tertiary/aromatic N) is 2. The number of amides is 2. The van der Waals surface area contributed by atoms with E-state index in [-0.39, 0.29) is 48.6 Å². The molecular formula is C23H31FN4O4S. The van der Waals surface area contributed by atoms with E-state index in [1.807, 2.05) is 0 Å². The Morgan fingerprint density at radius 2 is 1.82 bits per heavy atom. The van der Waals surface area contributed by atoms with Crippen molar-refractivity contribution in [1.82, 2.24) is 9.62 Å². The van der Waals surface area contributed by atoms with E-state index < -0.39 is 16.0 Å². The Morgan fingerprint density at radius 3 is 2.48 bits per heavy atom. The summed E-state index contributed by atoms with van der Waals surface area (Å²) in [6, 6.07) is 5.78. The Hall–Kier alpha value is -2.20. The van der Waals surface area contributed by atoms with Gasteiger partial charge in [0.2, 0.25) is 11.8 Å². The van der Waals surface area contributed by atoms with Gasteiger partial charge < -0.3 is 11.1 Å². The fourth-order valence-corrected chi connectivity index (χ4v) is 8.90. The van der Waals surface area contributed by atoms with Gasteiger partial charge in [0.05, 0.1) is 12.2 Å². The fraction of sp³-hybridized carbons (Fsp3) is 0.652. The van der Waals surface area contributed by atoms with Gasteiger partial charge in [0.15, 0.2) is 0 Å². The molecule has 10 heteroatoms. The SMILES string of the molecule is NC(=O)CC12CC3CC(C1)C(NC(=O)CN1CCCN(c4ccccc4F)S1(=O)=O)C(C3)C2. The van der Waals surface area contributed by atoms with Crippen LogP contribution >= 0.6 is 0 Å². The molecule has 2 unspecified atom stereocenters. The first kappa shape index (κ1) is 22.6. The number of carbonyl (C=O) groups excluding carboxylic acids is 2. The van der Waals surface area contributed by atoms with Crippen molar-refractivity contribution in [3.63, 3.8) is 0 Å². The summed E-state index contributed by atoms with van der Waals surface area (Å²) >= 11 is 0. The Balaban J connectivity index is 1.26. The van der Waals surface area contributed by atoms with Crippen molar-refractivity contribution in [2.75, 3.05) is 23.9 Å². The predicted molar refractivity (Wildman–Crippen MR) is 121 cm³/mol. The molecule has 3 N–H and O–H groups in total. The highest BCUT2D eigenvalue weighted by atomic mass is 32.2. The van der Waals surface area contributed by atoms with E-state index in [4.69, 9.17) is 5.73 Å². The topological polar surface area (TPSA) is 113 Å². The number of primary amides is 1. The van der Waals surface area contributed by atoms with E-state index in [1.54, 1.807) is 6.07 Å². The lowest BCUT2D eigenvalue weighted by Gasteiger charge is -2.60. The van der Waals surface area contributed by atoms with Gasteiger partial charge in [-0.15, -0.1) is 0 Å². The second kappa shape index (κ2) is 8.23. The predicted octanol–water partition coefficient (Wildman–Crippen LogP) is 1.77. The summed E-state index contributed by atoms with van der Waals surface area (Å²) in [5, 5.41) is 3.13. The summed E-state index contributed by atoms with van der Waals surface area (Å²) in [7, 11) is -4.00. The number of rotatable bonds is 6. The number of halogens is 1. The molecule has 2 amide bonds. The van der Waals surface area contributed by atoms with Crippen LogP contribution in [0.5, 0.6) is 0 Å². The summed E-state index contributed by atoms with van der Waals surface area (Å²) < 4.78 is 42.7. The summed E-state index contributed by atoms with van der Waals surface area (Å²) in [5.74, 6) is -0.0138. The number of carbonyl (C=O) groups is 2. The van der Waals surface area contributed by atoms with Gasteiger partial charge in [0.1, 0.15) is 5.82 Å². The van der Waals surface area contributed by atoms with Gasteiger partial charge in [-0.05, 0) is 73.8 Å². The summed E-state index contributed by atoms with van der Waals surface area (Å²) in [4.78, 5) is 24.6. The molecule has 1 heterocycles. The van der Waals surface area contributed by atoms with E-state index in [0.29, 0.717) is 30.6 Å². The molecule has 33 heavy (non-hydrogen) atoms. The Kier molecular flexibility index (Phi) is 5.63. The van der Waals surface area contributed by atoms with Crippen LogP contribution in [0.25, 0.3) is 0 Å². The van der Waals surface area contributed by atoms with Gasteiger partial charge >= 0.3 is 10.2 Å². The van der Waals surface area contributed by atoms with Crippen LogP contribution in [0.3, 0.4) is 0 Å². The molecule has 0 radical (unpaired) electrons. The van der Waals surface area contributed by atoms with E-state index >= 15 is 0 Å². The van der Waals surface area contributed by atoms with Crippen molar-refractivity contribution >= 4 is 27.7 Å². The third-order valence-electron chi connectivity index (χ3n) is 8.09. The van der Waals surface area contributed by atoms with Crippen LogP contribution in [0.2, 0.25) is 0 Å².